The molecule has 212 valence electrons. The first kappa shape index (κ1) is 30.2. The van der Waals surface area contributed by atoms with Crippen LogP contribution in [0.1, 0.15) is 70.0 Å². The smallest absolute Gasteiger partial charge is 0.303 e. The minimum Gasteiger partial charge on any atom is -0.481 e. The van der Waals surface area contributed by atoms with Crippen molar-refractivity contribution >= 4 is 11.9 Å². The fourth-order valence-corrected chi connectivity index (χ4v) is 5.57. The molecule has 6 atom stereocenters. The van der Waals surface area contributed by atoms with Crippen molar-refractivity contribution in [3.8, 4) is 0 Å². The van der Waals surface area contributed by atoms with Gasteiger partial charge in [0.1, 0.15) is 11.6 Å². The number of hydrogen-bond donors (Lipinski definition) is 3. The van der Waals surface area contributed by atoms with E-state index >= 15 is 0 Å². The number of nitrogens with one attached hydrogen (secondary N) is 2. The quantitative estimate of drug-likeness (QED) is 0.169. The Bertz CT molecular complexity index is 1080. The minimum atomic E-state index is -1.27. The summed E-state index contributed by atoms with van der Waals surface area (Å²) >= 11 is 0. The molecule has 1 unspecified atom stereocenters. The number of carboxylic acid groups (broad SMARTS) is 1. The highest BCUT2D eigenvalue weighted by Crippen LogP contribution is 2.45. The highest BCUT2D eigenvalue weighted by Gasteiger charge is 2.64. The fraction of sp³-hybridized carbons (Fsp3) is 0.533. The van der Waals surface area contributed by atoms with E-state index < -0.39 is 35.6 Å². The number of ether oxygens (including phenoxy) is 1. The zero-order chi connectivity index (χ0) is 28.4. The van der Waals surface area contributed by atoms with Crippen LogP contribution in [0.4, 0.5) is 0 Å². The number of nitrogens with zero attached hydrogens (tertiary/aromatic N) is 1. The Morgan fingerprint density at radius 2 is 1.74 bits per heavy atom. The van der Waals surface area contributed by atoms with Crippen LogP contribution in [-0.2, 0) is 20.9 Å². The van der Waals surface area contributed by atoms with Crippen LogP contribution in [0, 0.1) is 22.0 Å². The first-order valence-electron chi connectivity index (χ1n) is 13.8. The minimum absolute atomic E-state index is 0.0411. The fourth-order valence-electron chi connectivity index (χ4n) is 5.57. The summed E-state index contributed by atoms with van der Waals surface area (Å²) in [4.78, 5) is 37.0. The Kier molecular flexibility index (Phi) is 11.0. The van der Waals surface area contributed by atoms with Gasteiger partial charge in [0.25, 0.3) is 0 Å². The molecule has 2 aromatic rings. The van der Waals surface area contributed by atoms with E-state index in [1.54, 1.807) is 6.92 Å². The van der Waals surface area contributed by atoms with Crippen molar-refractivity contribution in [1.29, 1.82) is 0 Å². The molecule has 2 aromatic carbocycles. The molecule has 1 saturated heterocycles. The van der Waals surface area contributed by atoms with E-state index in [2.05, 4.69) is 10.6 Å². The molecule has 0 saturated carbocycles. The van der Waals surface area contributed by atoms with Gasteiger partial charge in [-0.1, -0.05) is 87.4 Å². The zero-order valence-electron chi connectivity index (χ0n) is 23.0. The SMILES string of the molecule is CC[C@H](C)C(OCc1ccccc1)[C@@H]1[C@H]([N+](=O)[O-])[C@H](c2ccccc2)N[C@]1(C)C(=O)NCCCCCC(=O)O. The highest BCUT2D eigenvalue weighted by atomic mass is 16.6. The van der Waals surface area contributed by atoms with Crippen LogP contribution in [0.25, 0.3) is 0 Å². The zero-order valence-corrected chi connectivity index (χ0v) is 23.0. The van der Waals surface area contributed by atoms with Crippen molar-refractivity contribution in [3.63, 3.8) is 0 Å². The van der Waals surface area contributed by atoms with Gasteiger partial charge in [0.2, 0.25) is 11.9 Å². The number of nitro groups is 1. The van der Waals surface area contributed by atoms with Crippen molar-refractivity contribution in [2.45, 2.75) is 83.2 Å². The molecule has 3 rings (SSSR count). The van der Waals surface area contributed by atoms with Crippen LogP contribution < -0.4 is 10.6 Å². The number of carbonyl (C=O) groups is 2. The topological polar surface area (TPSA) is 131 Å². The van der Waals surface area contributed by atoms with E-state index in [1.807, 2.05) is 74.5 Å². The van der Waals surface area contributed by atoms with Crippen LogP contribution in [0.15, 0.2) is 60.7 Å². The molecule has 0 spiro atoms. The van der Waals surface area contributed by atoms with Crippen LogP contribution in [-0.4, -0.2) is 46.1 Å². The maximum absolute atomic E-state index is 13.8. The Morgan fingerprint density at radius 3 is 2.33 bits per heavy atom. The van der Waals surface area contributed by atoms with Gasteiger partial charge < -0.3 is 15.2 Å². The van der Waals surface area contributed by atoms with Gasteiger partial charge in [0, 0.05) is 17.9 Å². The van der Waals surface area contributed by atoms with Crippen LogP contribution >= 0.6 is 0 Å². The van der Waals surface area contributed by atoms with E-state index in [0.29, 0.717) is 25.8 Å². The Hall–Kier alpha value is -3.30. The molecular weight excluding hydrogens is 498 g/mol. The second kappa shape index (κ2) is 14.2. The molecule has 0 aromatic heterocycles. The largest absolute Gasteiger partial charge is 0.481 e. The van der Waals surface area contributed by atoms with E-state index in [4.69, 9.17) is 9.84 Å². The first-order valence-corrected chi connectivity index (χ1v) is 13.8. The van der Waals surface area contributed by atoms with Gasteiger partial charge in [0.15, 0.2) is 0 Å². The van der Waals surface area contributed by atoms with Crippen LogP contribution in [0.5, 0.6) is 0 Å². The summed E-state index contributed by atoms with van der Waals surface area (Å²) in [6.07, 6.45) is 2.09. The molecule has 1 heterocycles. The van der Waals surface area contributed by atoms with Gasteiger partial charge in [-0.2, -0.15) is 0 Å². The Balaban J connectivity index is 1.92. The third kappa shape index (κ3) is 7.64. The van der Waals surface area contributed by atoms with Gasteiger partial charge in [-0.05, 0) is 36.8 Å². The predicted octanol–water partition coefficient (Wildman–Crippen LogP) is 4.74. The molecule has 1 aliphatic rings. The van der Waals surface area contributed by atoms with Gasteiger partial charge in [-0.15, -0.1) is 0 Å². The molecule has 1 fully saturated rings. The van der Waals surface area contributed by atoms with E-state index in [-0.39, 0.29) is 29.8 Å². The first-order chi connectivity index (χ1) is 18.7. The summed E-state index contributed by atoms with van der Waals surface area (Å²) in [5.74, 6) is -1.94. The average Bonchev–Trinajstić information content (AvgIpc) is 3.25. The van der Waals surface area contributed by atoms with Gasteiger partial charge in [-0.3, -0.25) is 25.0 Å². The Morgan fingerprint density at radius 1 is 1.10 bits per heavy atom. The second-order valence-electron chi connectivity index (χ2n) is 10.6. The normalized spacial score (nSPS) is 24.1. The maximum atomic E-state index is 13.8. The molecule has 9 heteroatoms. The van der Waals surface area contributed by atoms with Crippen LogP contribution in [0.2, 0.25) is 0 Å². The average molecular weight is 540 g/mol. The number of hydrogen-bond acceptors (Lipinski definition) is 6. The second-order valence-corrected chi connectivity index (χ2v) is 10.6. The van der Waals surface area contributed by atoms with Crippen molar-refractivity contribution in [1.82, 2.24) is 10.6 Å². The van der Waals surface area contributed by atoms with E-state index in [1.165, 1.54) is 0 Å². The third-order valence-electron chi connectivity index (χ3n) is 7.90. The Labute approximate surface area is 230 Å². The summed E-state index contributed by atoms with van der Waals surface area (Å²) in [7, 11) is 0. The lowest BCUT2D eigenvalue weighted by Gasteiger charge is -2.37. The number of carbonyl (C=O) groups excluding carboxylic acids is 1. The maximum Gasteiger partial charge on any atom is 0.303 e. The van der Waals surface area contributed by atoms with E-state index in [9.17, 15) is 19.7 Å². The lowest BCUT2D eigenvalue weighted by molar-refractivity contribution is -0.536. The van der Waals surface area contributed by atoms with E-state index in [0.717, 1.165) is 17.5 Å². The standard InChI is InChI=1S/C30H41N3O6/c1-4-21(2)28(39-20-22-14-8-5-9-15-22)25-27(33(37)38)26(23-16-10-6-11-17-23)32-30(25,3)29(36)31-19-13-7-12-18-24(34)35/h5-6,8-11,14-17,21,25-28,32H,4,7,12-13,18-20H2,1-3H3,(H,31,36)(H,34,35)/t21-,25-,26-,27-,28?,30-/m0/s1. The molecule has 0 bridgehead atoms. The molecule has 9 nitrogen and oxygen atoms in total. The number of aliphatic carboxylic acids is 1. The molecule has 1 aliphatic heterocycles. The number of benzene rings is 2. The number of rotatable bonds is 15. The lowest BCUT2D eigenvalue weighted by atomic mass is 9.74. The summed E-state index contributed by atoms with van der Waals surface area (Å²) in [6.45, 7) is 6.44. The van der Waals surface area contributed by atoms with Crippen molar-refractivity contribution in [3.05, 3.63) is 81.9 Å². The van der Waals surface area contributed by atoms with Crippen molar-refractivity contribution in [2.75, 3.05) is 6.54 Å². The number of amides is 1. The van der Waals surface area contributed by atoms with Gasteiger partial charge >= 0.3 is 5.97 Å². The molecular formula is C30H41N3O6. The predicted molar refractivity (Wildman–Crippen MR) is 149 cm³/mol. The molecule has 3 N–H and O–H groups in total. The molecule has 39 heavy (non-hydrogen) atoms. The highest BCUT2D eigenvalue weighted by molar-refractivity contribution is 5.87. The lowest BCUT2D eigenvalue weighted by Crippen LogP contribution is -2.60. The number of carboxylic acids is 1. The van der Waals surface area contributed by atoms with Gasteiger partial charge in [-0.25, -0.2) is 0 Å². The molecule has 0 radical (unpaired) electrons. The summed E-state index contributed by atoms with van der Waals surface area (Å²) in [5, 5.41) is 27.9. The summed E-state index contributed by atoms with van der Waals surface area (Å²) in [5.41, 5.74) is 0.436. The van der Waals surface area contributed by atoms with Crippen molar-refractivity contribution in [2.24, 2.45) is 11.8 Å². The van der Waals surface area contributed by atoms with Crippen LogP contribution in [0.3, 0.4) is 0 Å². The molecule has 1 amide bonds. The summed E-state index contributed by atoms with van der Waals surface area (Å²) in [6, 6.07) is 17.1. The van der Waals surface area contributed by atoms with Crippen molar-refractivity contribution < 1.29 is 24.4 Å². The summed E-state index contributed by atoms with van der Waals surface area (Å²) < 4.78 is 6.47. The monoisotopic (exact) mass is 539 g/mol. The van der Waals surface area contributed by atoms with Gasteiger partial charge in [0.05, 0.1) is 18.6 Å². The molecule has 0 aliphatic carbocycles. The number of unbranched alkanes of at least 4 members (excludes halogenated alkanes) is 2. The third-order valence-corrected chi connectivity index (χ3v) is 7.90.